The normalized spacial score (nSPS) is 10.8. The van der Waals surface area contributed by atoms with Gasteiger partial charge >= 0.3 is 0 Å². The molecule has 4 rings (SSSR count). The van der Waals surface area contributed by atoms with Gasteiger partial charge in [0.05, 0.1) is 21.7 Å². The van der Waals surface area contributed by atoms with Gasteiger partial charge in [0.1, 0.15) is 18.1 Å². The summed E-state index contributed by atoms with van der Waals surface area (Å²) in [4.78, 5) is 15.0. The average molecular weight is 547 g/mol. The first-order valence-electron chi connectivity index (χ1n) is 11.2. The van der Waals surface area contributed by atoms with Crippen LogP contribution in [-0.4, -0.2) is 17.7 Å². The number of hydrogen-bond donors (Lipinski definition) is 0. The molecule has 0 aliphatic carbocycles. The van der Waals surface area contributed by atoms with Crippen LogP contribution in [0.1, 0.15) is 18.1 Å². The van der Waals surface area contributed by atoms with Crippen LogP contribution >= 0.6 is 15.9 Å². The van der Waals surface area contributed by atoms with E-state index in [1.807, 2.05) is 73.7 Å². The number of rotatable bonds is 10. The van der Waals surface area contributed by atoms with E-state index in [4.69, 9.17) is 14.2 Å². The molecule has 182 valence electrons. The number of nitrogens with zero attached hydrogens (tertiary/aromatic N) is 2. The van der Waals surface area contributed by atoms with Crippen molar-refractivity contribution in [3.8, 4) is 23.0 Å². The van der Waals surface area contributed by atoms with Crippen molar-refractivity contribution < 1.29 is 19.1 Å². The Morgan fingerprint density at radius 2 is 1.61 bits per heavy atom. The topological polar surface area (TPSA) is 83.2 Å². The molecule has 0 amide bonds. The first kappa shape index (κ1) is 24.9. The molecule has 0 heterocycles. The number of nitro benzene ring substituents is 1. The zero-order valence-corrected chi connectivity index (χ0v) is 21.1. The maximum absolute atomic E-state index is 10.8. The van der Waals surface area contributed by atoms with Crippen molar-refractivity contribution in [1.82, 2.24) is 0 Å². The molecule has 36 heavy (non-hydrogen) atoms. The minimum absolute atomic E-state index is 0.0388. The molecule has 7 nitrogen and oxygen atoms in total. The number of halogens is 1. The lowest BCUT2D eigenvalue weighted by Gasteiger charge is -2.14. The molecule has 4 aromatic carbocycles. The first-order chi connectivity index (χ1) is 17.5. The van der Waals surface area contributed by atoms with Crippen LogP contribution < -0.4 is 14.2 Å². The molecular formula is C28H23BrN2O5. The van der Waals surface area contributed by atoms with Gasteiger partial charge in [0.2, 0.25) is 0 Å². The van der Waals surface area contributed by atoms with E-state index in [-0.39, 0.29) is 12.3 Å². The lowest BCUT2D eigenvalue weighted by atomic mass is 10.2. The Labute approximate surface area is 217 Å². The number of benzene rings is 4. The van der Waals surface area contributed by atoms with Crippen LogP contribution in [0.3, 0.4) is 0 Å². The molecule has 0 atom stereocenters. The van der Waals surface area contributed by atoms with Crippen molar-refractivity contribution in [2.24, 2.45) is 4.99 Å². The molecule has 8 heteroatoms. The Bertz CT molecular complexity index is 1340. The van der Waals surface area contributed by atoms with E-state index in [2.05, 4.69) is 20.9 Å². The SMILES string of the molecule is CCOc1cc(C=Nc2ccc(Oc3ccccc3)cc2)cc(Br)c1OCc1ccc([N+](=O)[O-])cc1. The summed E-state index contributed by atoms with van der Waals surface area (Å²) in [7, 11) is 0. The maximum Gasteiger partial charge on any atom is 0.269 e. The summed E-state index contributed by atoms with van der Waals surface area (Å²) >= 11 is 3.57. The van der Waals surface area contributed by atoms with Crippen LogP contribution in [0.5, 0.6) is 23.0 Å². The highest BCUT2D eigenvalue weighted by atomic mass is 79.9. The summed E-state index contributed by atoms with van der Waals surface area (Å²) in [6.07, 6.45) is 1.75. The Morgan fingerprint density at radius 3 is 2.28 bits per heavy atom. The highest BCUT2D eigenvalue weighted by molar-refractivity contribution is 9.10. The summed E-state index contributed by atoms with van der Waals surface area (Å²) in [5.74, 6) is 2.63. The van der Waals surface area contributed by atoms with Crippen molar-refractivity contribution in [3.63, 3.8) is 0 Å². The van der Waals surface area contributed by atoms with Crippen LogP contribution in [0.2, 0.25) is 0 Å². The minimum Gasteiger partial charge on any atom is -0.490 e. The molecule has 0 saturated heterocycles. The second-order valence-corrected chi connectivity index (χ2v) is 8.50. The van der Waals surface area contributed by atoms with Crippen molar-refractivity contribution in [1.29, 1.82) is 0 Å². The molecule has 0 radical (unpaired) electrons. The van der Waals surface area contributed by atoms with Crippen LogP contribution in [0.25, 0.3) is 0 Å². The molecule has 0 aromatic heterocycles. The number of hydrogen-bond acceptors (Lipinski definition) is 6. The predicted molar refractivity (Wildman–Crippen MR) is 143 cm³/mol. The van der Waals surface area contributed by atoms with E-state index >= 15 is 0 Å². The average Bonchev–Trinajstić information content (AvgIpc) is 2.89. The molecule has 0 N–H and O–H groups in total. The number of nitro groups is 1. The van der Waals surface area contributed by atoms with Crippen LogP contribution in [0, 0.1) is 10.1 Å². The lowest BCUT2D eigenvalue weighted by molar-refractivity contribution is -0.384. The monoisotopic (exact) mass is 546 g/mol. The van der Waals surface area contributed by atoms with Gasteiger partial charge in [-0.1, -0.05) is 18.2 Å². The standard InChI is InChI=1S/C28H23BrN2O5/c1-2-34-27-17-21(16-26(29)28(27)35-19-20-8-12-23(13-9-20)31(32)33)18-30-22-10-14-25(15-11-22)36-24-6-4-3-5-7-24/h3-18H,2,19H2,1H3. The summed E-state index contributed by atoms with van der Waals surface area (Å²) < 4.78 is 18.3. The third-order valence-corrected chi connectivity index (χ3v) is 5.63. The molecule has 0 aliphatic heterocycles. The first-order valence-corrected chi connectivity index (χ1v) is 12.0. The summed E-state index contributed by atoms with van der Waals surface area (Å²) in [6.45, 7) is 2.60. The van der Waals surface area contributed by atoms with Crippen LogP contribution in [0.4, 0.5) is 11.4 Å². The molecule has 0 unspecified atom stereocenters. The van der Waals surface area contributed by atoms with E-state index in [0.29, 0.717) is 22.6 Å². The van der Waals surface area contributed by atoms with Crippen molar-refractivity contribution >= 4 is 33.5 Å². The fourth-order valence-electron chi connectivity index (χ4n) is 3.31. The largest absolute Gasteiger partial charge is 0.490 e. The van der Waals surface area contributed by atoms with Gasteiger partial charge in [-0.2, -0.15) is 0 Å². The maximum atomic E-state index is 10.8. The fraction of sp³-hybridized carbons (Fsp3) is 0.107. The zero-order chi connectivity index (χ0) is 25.3. The third kappa shape index (κ3) is 6.70. The zero-order valence-electron chi connectivity index (χ0n) is 19.5. The van der Waals surface area contributed by atoms with E-state index in [0.717, 1.165) is 28.3 Å². The minimum atomic E-state index is -0.429. The molecule has 0 bridgehead atoms. The smallest absolute Gasteiger partial charge is 0.269 e. The number of non-ortho nitro benzene ring substituents is 1. The molecule has 4 aromatic rings. The second-order valence-electron chi connectivity index (χ2n) is 7.64. The predicted octanol–water partition coefficient (Wildman–Crippen LogP) is 7.88. The van der Waals surface area contributed by atoms with Crippen LogP contribution in [0.15, 0.2) is 100 Å². The quantitative estimate of drug-likeness (QED) is 0.115. The lowest BCUT2D eigenvalue weighted by Crippen LogP contribution is -2.01. The van der Waals surface area contributed by atoms with E-state index in [9.17, 15) is 10.1 Å². The van der Waals surface area contributed by atoms with Crippen molar-refractivity contribution in [2.75, 3.05) is 6.61 Å². The summed E-state index contributed by atoms with van der Waals surface area (Å²) in [6, 6.07) is 27.1. The number of ether oxygens (including phenoxy) is 3. The van der Waals surface area contributed by atoms with Gasteiger partial charge in [-0.25, -0.2) is 0 Å². The van der Waals surface area contributed by atoms with E-state index < -0.39 is 4.92 Å². The Kier molecular flexibility index (Phi) is 8.31. The van der Waals surface area contributed by atoms with Gasteiger partial charge in [0, 0.05) is 18.3 Å². The molecule has 0 aliphatic rings. The fourth-order valence-corrected chi connectivity index (χ4v) is 3.88. The Balaban J connectivity index is 1.45. The van der Waals surface area contributed by atoms with Crippen molar-refractivity contribution in [3.05, 3.63) is 117 Å². The van der Waals surface area contributed by atoms with Crippen molar-refractivity contribution in [2.45, 2.75) is 13.5 Å². The molecule has 0 saturated carbocycles. The van der Waals surface area contributed by atoms with Gasteiger partial charge in [-0.3, -0.25) is 15.1 Å². The second kappa shape index (κ2) is 12.0. The van der Waals surface area contributed by atoms with Gasteiger partial charge in [0.25, 0.3) is 5.69 Å². The Morgan fingerprint density at radius 1 is 0.917 bits per heavy atom. The Hall–Kier alpha value is -4.17. The van der Waals surface area contributed by atoms with E-state index in [1.165, 1.54) is 12.1 Å². The number of para-hydroxylation sites is 1. The van der Waals surface area contributed by atoms with Gasteiger partial charge in [-0.15, -0.1) is 0 Å². The highest BCUT2D eigenvalue weighted by Gasteiger charge is 2.13. The molecule has 0 fully saturated rings. The van der Waals surface area contributed by atoms with E-state index in [1.54, 1.807) is 18.3 Å². The highest BCUT2D eigenvalue weighted by Crippen LogP contribution is 2.37. The third-order valence-electron chi connectivity index (χ3n) is 5.04. The molecular weight excluding hydrogens is 524 g/mol. The van der Waals surface area contributed by atoms with Gasteiger partial charge < -0.3 is 14.2 Å². The number of aliphatic imine (C=N–C) groups is 1. The molecule has 0 spiro atoms. The van der Waals surface area contributed by atoms with Crippen LogP contribution in [-0.2, 0) is 6.61 Å². The van der Waals surface area contributed by atoms with Gasteiger partial charge in [0.15, 0.2) is 11.5 Å². The summed E-state index contributed by atoms with van der Waals surface area (Å²) in [5, 5.41) is 10.8. The summed E-state index contributed by atoms with van der Waals surface area (Å²) in [5.41, 5.74) is 2.46. The van der Waals surface area contributed by atoms with Gasteiger partial charge in [-0.05, 0) is 94.6 Å².